The number of nitrogens with one attached hydrogen (secondary N) is 2. The highest BCUT2D eigenvalue weighted by molar-refractivity contribution is 5.92. The molecule has 18 heavy (non-hydrogen) atoms. The van der Waals surface area contributed by atoms with E-state index in [1.54, 1.807) is 27.7 Å². The Bertz CT molecular complexity index is 329. The molecule has 1 fully saturated rings. The van der Waals surface area contributed by atoms with Crippen molar-refractivity contribution >= 4 is 12.0 Å². The van der Waals surface area contributed by atoms with Gasteiger partial charge >= 0.3 is 6.09 Å². The average Bonchev–Trinajstić information content (AvgIpc) is 2.91. The average molecular weight is 258 g/mol. The Morgan fingerprint density at radius 2 is 1.94 bits per heavy atom. The fourth-order valence-electron chi connectivity index (χ4n) is 1.44. The molecule has 1 aliphatic carbocycles. The van der Waals surface area contributed by atoms with Crippen LogP contribution in [-0.4, -0.2) is 40.9 Å². The van der Waals surface area contributed by atoms with Gasteiger partial charge in [-0.05, 0) is 40.5 Å². The van der Waals surface area contributed by atoms with Gasteiger partial charge in [0.1, 0.15) is 11.1 Å². The molecule has 0 heterocycles. The normalized spacial score (nSPS) is 18.7. The Labute approximate surface area is 107 Å². The Balaban J connectivity index is 2.45. The first-order valence-corrected chi connectivity index (χ1v) is 6.12. The van der Waals surface area contributed by atoms with E-state index in [1.807, 2.05) is 0 Å². The molecule has 6 heteroatoms. The van der Waals surface area contributed by atoms with Crippen LogP contribution in [0, 0.1) is 0 Å². The highest BCUT2D eigenvalue weighted by Crippen LogP contribution is 2.35. The molecule has 2 amide bonds. The van der Waals surface area contributed by atoms with E-state index in [9.17, 15) is 9.59 Å². The lowest BCUT2D eigenvalue weighted by molar-refractivity contribution is -0.124. The van der Waals surface area contributed by atoms with Gasteiger partial charge in [0.15, 0.2) is 0 Å². The molecular formula is C12H22N2O4. The van der Waals surface area contributed by atoms with Gasteiger partial charge < -0.3 is 20.5 Å². The molecule has 0 spiro atoms. The number of amides is 2. The second kappa shape index (κ2) is 5.14. The molecule has 104 valence electrons. The predicted octanol–water partition coefficient (Wildman–Crippen LogP) is 0.541. The van der Waals surface area contributed by atoms with E-state index in [0.29, 0.717) is 12.8 Å². The number of aliphatic hydroxyl groups excluding tert-OH is 1. The summed E-state index contributed by atoms with van der Waals surface area (Å²) in [6.07, 6.45) is -0.00561. The molecule has 1 saturated carbocycles. The summed E-state index contributed by atoms with van der Waals surface area (Å²) in [5.41, 5.74) is -1.44. The van der Waals surface area contributed by atoms with E-state index >= 15 is 0 Å². The fourth-order valence-corrected chi connectivity index (χ4v) is 1.44. The van der Waals surface area contributed by atoms with Crippen LogP contribution in [0.3, 0.4) is 0 Å². The van der Waals surface area contributed by atoms with Crippen LogP contribution in [0.2, 0.25) is 0 Å². The number of rotatable bonds is 4. The van der Waals surface area contributed by atoms with E-state index in [1.165, 1.54) is 0 Å². The van der Waals surface area contributed by atoms with E-state index in [-0.39, 0.29) is 12.5 Å². The molecular weight excluding hydrogens is 236 g/mol. The van der Waals surface area contributed by atoms with Crippen LogP contribution in [0.4, 0.5) is 4.79 Å². The van der Waals surface area contributed by atoms with Crippen molar-refractivity contribution in [3.8, 4) is 0 Å². The van der Waals surface area contributed by atoms with Crippen LogP contribution < -0.4 is 10.6 Å². The van der Waals surface area contributed by atoms with Crippen molar-refractivity contribution in [2.75, 3.05) is 6.54 Å². The highest BCUT2D eigenvalue weighted by atomic mass is 16.6. The van der Waals surface area contributed by atoms with Crippen molar-refractivity contribution in [2.24, 2.45) is 0 Å². The number of carbonyl (C=O) groups is 2. The standard InChI is InChI=1S/C12H22N2O4/c1-8(15)7-13-9(16)12(5-6-12)14-10(17)18-11(2,3)4/h8,15H,5-7H2,1-4H3,(H,13,16)(H,14,17). The number of hydrogen-bond donors (Lipinski definition) is 3. The minimum Gasteiger partial charge on any atom is -0.444 e. The first-order chi connectivity index (χ1) is 8.15. The van der Waals surface area contributed by atoms with Gasteiger partial charge in [0.05, 0.1) is 6.10 Å². The summed E-state index contributed by atoms with van der Waals surface area (Å²) in [4.78, 5) is 23.4. The zero-order valence-corrected chi connectivity index (χ0v) is 11.4. The molecule has 0 radical (unpaired) electrons. The fraction of sp³-hybridized carbons (Fsp3) is 0.833. The third-order valence-corrected chi connectivity index (χ3v) is 2.48. The van der Waals surface area contributed by atoms with Crippen molar-refractivity contribution in [1.82, 2.24) is 10.6 Å². The molecule has 1 atom stereocenters. The second-order valence-corrected chi connectivity index (χ2v) is 5.77. The van der Waals surface area contributed by atoms with Crippen molar-refractivity contribution < 1.29 is 19.4 Å². The summed E-state index contributed by atoms with van der Waals surface area (Å²) in [6, 6.07) is 0. The van der Waals surface area contributed by atoms with Crippen LogP contribution in [0.25, 0.3) is 0 Å². The van der Waals surface area contributed by atoms with Gasteiger partial charge in [-0.2, -0.15) is 0 Å². The van der Waals surface area contributed by atoms with Gasteiger partial charge in [0.25, 0.3) is 0 Å². The molecule has 1 aliphatic rings. The predicted molar refractivity (Wildman–Crippen MR) is 66.0 cm³/mol. The van der Waals surface area contributed by atoms with Gasteiger partial charge in [-0.3, -0.25) is 4.79 Å². The molecule has 0 aromatic heterocycles. The first kappa shape index (κ1) is 14.8. The zero-order chi connectivity index (χ0) is 14.0. The number of hydrogen-bond acceptors (Lipinski definition) is 4. The molecule has 1 unspecified atom stereocenters. The maximum absolute atomic E-state index is 11.8. The maximum atomic E-state index is 11.8. The van der Waals surface area contributed by atoms with Crippen molar-refractivity contribution in [2.45, 2.75) is 57.8 Å². The number of carbonyl (C=O) groups excluding carboxylic acids is 2. The van der Waals surface area contributed by atoms with E-state index < -0.39 is 23.3 Å². The lowest BCUT2D eigenvalue weighted by Gasteiger charge is -2.23. The zero-order valence-electron chi connectivity index (χ0n) is 11.4. The quantitative estimate of drug-likeness (QED) is 0.687. The summed E-state index contributed by atoms with van der Waals surface area (Å²) in [7, 11) is 0. The molecule has 0 aromatic carbocycles. The molecule has 0 bridgehead atoms. The molecule has 6 nitrogen and oxygen atoms in total. The van der Waals surface area contributed by atoms with Crippen molar-refractivity contribution in [3.05, 3.63) is 0 Å². The highest BCUT2D eigenvalue weighted by Gasteiger charge is 2.51. The third kappa shape index (κ3) is 4.52. The lowest BCUT2D eigenvalue weighted by Crippen LogP contribution is -2.51. The van der Waals surface area contributed by atoms with E-state index in [2.05, 4.69) is 10.6 Å². The summed E-state index contributed by atoms with van der Waals surface area (Å²) in [5, 5.41) is 14.3. The Kier molecular flexibility index (Phi) is 4.21. The van der Waals surface area contributed by atoms with Crippen LogP contribution in [-0.2, 0) is 9.53 Å². The Morgan fingerprint density at radius 1 is 1.39 bits per heavy atom. The molecule has 1 rings (SSSR count). The second-order valence-electron chi connectivity index (χ2n) is 5.77. The van der Waals surface area contributed by atoms with Gasteiger partial charge in [0, 0.05) is 6.54 Å². The van der Waals surface area contributed by atoms with Gasteiger partial charge in [-0.1, -0.05) is 0 Å². The maximum Gasteiger partial charge on any atom is 0.408 e. The number of alkyl carbamates (subject to hydrolysis) is 1. The summed E-state index contributed by atoms with van der Waals surface area (Å²) in [5.74, 6) is -0.269. The van der Waals surface area contributed by atoms with Gasteiger partial charge in [-0.15, -0.1) is 0 Å². The first-order valence-electron chi connectivity index (χ1n) is 6.12. The largest absolute Gasteiger partial charge is 0.444 e. The Hall–Kier alpha value is -1.30. The summed E-state index contributed by atoms with van der Waals surface area (Å²) >= 11 is 0. The molecule has 0 saturated heterocycles. The molecule has 0 aromatic rings. The van der Waals surface area contributed by atoms with Crippen LogP contribution in [0.5, 0.6) is 0 Å². The summed E-state index contributed by atoms with van der Waals surface area (Å²) in [6.45, 7) is 7.05. The van der Waals surface area contributed by atoms with E-state index in [0.717, 1.165) is 0 Å². The van der Waals surface area contributed by atoms with Gasteiger partial charge in [-0.25, -0.2) is 4.79 Å². The number of aliphatic hydroxyl groups is 1. The SMILES string of the molecule is CC(O)CNC(=O)C1(NC(=O)OC(C)(C)C)CC1. The third-order valence-electron chi connectivity index (χ3n) is 2.48. The monoisotopic (exact) mass is 258 g/mol. The Morgan fingerprint density at radius 3 is 2.33 bits per heavy atom. The number of ether oxygens (including phenoxy) is 1. The lowest BCUT2D eigenvalue weighted by atomic mass is 10.2. The smallest absolute Gasteiger partial charge is 0.408 e. The van der Waals surface area contributed by atoms with Crippen LogP contribution in [0.1, 0.15) is 40.5 Å². The minimum atomic E-state index is -0.850. The van der Waals surface area contributed by atoms with Crippen molar-refractivity contribution in [1.29, 1.82) is 0 Å². The van der Waals surface area contributed by atoms with Crippen LogP contribution >= 0.6 is 0 Å². The van der Waals surface area contributed by atoms with Crippen LogP contribution in [0.15, 0.2) is 0 Å². The molecule has 0 aliphatic heterocycles. The minimum absolute atomic E-state index is 0.177. The van der Waals surface area contributed by atoms with Crippen molar-refractivity contribution in [3.63, 3.8) is 0 Å². The van der Waals surface area contributed by atoms with E-state index in [4.69, 9.17) is 9.84 Å². The summed E-state index contributed by atoms with van der Waals surface area (Å²) < 4.78 is 5.11. The topological polar surface area (TPSA) is 87.7 Å². The van der Waals surface area contributed by atoms with Gasteiger partial charge in [0.2, 0.25) is 5.91 Å². The molecule has 3 N–H and O–H groups in total.